The molecule has 2 aromatic rings. The van der Waals surface area contributed by atoms with Gasteiger partial charge in [0.1, 0.15) is 5.75 Å². The van der Waals surface area contributed by atoms with E-state index in [1.165, 1.54) is 12.8 Å². The maximum absolute atomic E-state index is 12.7. The highest BCUT2D eigenvalue weighted by Crippen LogP contribution is 2.30. The minimum absolute atomic E-state index is 0.291. The highest BCUT2D eigenvalue weighted by atomic mass is 32.2. The van der Waals surface area contributed by atoms with Crippen molar-refractivity contribution in [3.63, 3.8) is 0 Å². The number of rotatable bonds is 7. The van der Waals surface area contributed by atoms with Crippen LogP contribution >= 0.6 is 0 Å². The number of sulfone groups is 1. The fourth-order valence-electron chi connectivity index (χ4n) is 3.58. The predicted octanol–water partition coefficient (Wildman–Crippen LogP) is 4.66. The van der Waals surface area contributed by atoms with Gasteiger partial charge >= 0.3 is 0 Å². The third-order valence-corrected chi connectivity index (χ3v) is 7.11. The summed E-state index contributed by atoms with van der Waals surface area (Å²) in [4.78, 5) is 0.605. The number of hydrogen-bond acceptors (Lipinski definition) is 4. The minimum Gasteiger partial charge on any atom is -0.493 e. The Morgan fingerprint density at radius 3 is 1.81 bits per heavy atom. The van der Waals surface area contributed by atoms with Crippen LogP contribution in [0.5, 0.6) is 5.75 Å². The number of methoxy groups -OCH3 is 1. The Morgan fingerprint density at radius 1 is 0.815 bits per heavy atom. The van der Waals surface area contributed by atoms with Crippen molar-refractivity contribution in [3.8, 4) is 5.75 Å². The Labute approximate surface area is 162 Å². The highest BCUT2D eigenvalue weighted by molar-refractivity contribution is 7.91. The molecule has 0 amide bonds. The molecule has 0 bridgehead atoms. The molecule has 0 saturated heterocycles. The Kier molecular flexibility index (Phi) is 6.55. The molecule has 2 aromatic carbocycles. The van der Waals surface area contributed by atoms with Gasteiger partial charge in [-0.3, -0.25) is 0 Å². The highest BCUT2D eigenvalue weighted by Gasteiger charge is 2.22. The van der Waals surface area contributed by atoms with E-state index in [2.05, 4.69) is 0 Å². The van der Waals surface area contributed by atoms with Crippen molar-refractivity contribution in [2.75, 3.05) is 20.3 Å². The monoisotopic (exact) mass is 388 g/mol. The molecule has 1 fully saturated rings. The molecule has 0 atom stereocenters. The summed E-state index contributed by atoms with van der Waals surface area (Å²) < 4.78 is 36.5. The lowest BCUT2D eigenvalue weighted by Gasteiger charge is -2.27. The van der Waals surface area contributed by atoms with Gasteiger partial charge in [0.05, 0.1) is 16.4 Å². The van der Waals surface area contributed by atoms with Crippen molar-refractivity contribution in [1.29, 1.82) is 0 Å². The molecule has 0 aliphatic heterocycles. The van der Waals surface area contributed by atoms with E-state index in [1.54, 1.807) is 43.5 Å². The van der Waals surface area contributed by atoms with Gasteiger partial charge in [-0.2, -0.15) is 0 Å². The first-order valence-electron chi connectivity index (χ1n) is 9.52. The Balaban J connectivity index is 1.57. The van der Waals surface area contributed by atoms with E-state index in [1.807, 2.05) is 19.1 Å². The van der Waals surface area contributed by atoms with E-state index in [9.17, 15) is 8.42 Å². The van der Waals surface area contributed by atoms with Crippen LogP contribution in [0.3, 0.4) is 0 Å². The second-order valence-electron chi connectivity index (χ2n) is 7.44. The fourth-order valence-corrected chi connectivity index (χ4v) is 4.84. The molecule has 0 unspecified atom stereocenters. The molecular weight excluding hydrogens is 360 g/mol. The van der Waals surface area contributed by atoms with Gasteiger partial charge in [0, 0.05) is 13.7 Å². The molecule has 0 N–H and O–H groups in total. The first-order chi connectivity index (χ1) is 13.0. The van der Waals surface area contributed by atoms with Crippen molar-refractivity contribution in [2.45, 2.75) is 42.4 Å². The normalized spacial score (nSPS) is 20.4. The van der Waals surface area contributed by atoms with E-state index < -0.39 is 9.84 Å². The van der Waals surface area contributed by atoms with Crippen LogP contribution in [-0.2, 0) is 14.6 Å². The molecule has 0 aromatic heterocycles. The standard InChI is InChI=1S/C22H28O4S/c1-17-3-11-21(12-4-17)27(23,24)22-13-9-20(10-14-22)26-16-19-7-5-18(6-8-19)15-25-2/h3-4,9-14,18-19H,5-8,15-16H2,1-2H3. The lowest BCUT2D eigenvalue weighted by atomic mass is 9.83. The van der Waals surface area contributed by atoms with Gasteiger partial charge in [0.15, 0.2) is 0 Å². The summed E-state index contributed by atoms with van der Waals surface area (Å²) in [6.07, 6.45) is 4.70. The molecule has 5 heteroatoms. The minimum atomic E-state index is -3.49. The van der Waals surface area contributed by atoms with Crippen LogP contribution in [-0.4, -0.2) is 28.7 Å². The first kappa shape index (κ1) is 19.9. The average molecular weight is 389 g/mol. The maximum Gasteiger partial charge on any atom is 0.206 e. The molecular formula is C22H28O4S. The quantitative estimate of drug-likeness (QED) is 0.692. The summed E-state index contributed by atoms with van der Waals surface area (Å²) in [6, 6.07) is 13.7. The number of ether oxygens (including phenoxy) is 2. The summed E-state index contributed by atoms with van der Waals surface area (Å²) in [5.41, 5.74) is 1.04. The SMILES string of the molecule is COCC1CCC(COc2ccc(S(=O)(=O)c3ccc(C)cc3)cc2)CC1. The van der Waals surface area contributed by atoms with Crippen LogP contribution in [0.2, 0.25) is 0 Å². The van der Waals surface area contributed by atoms with Crippen LogP contribution in [0.4, 0.5) is 0 Å². The van der Waals surface area contributed by atoms with Crippen molar-refractivity contribution in [1.82, 2.24) is 0 Å². The van der Waals surface area contributed by atoms with Crippen LogP contribution < -0.4 is 4.74 Å². The summed E-state index contributed by atoms with van der Waals surface area (Å²) in [5.74, 6) is 1.96. The van der Waals surface area contributed by atoms with Crippen molar-refractivity contribution in [2.24, 2.45) is 11.8 Å². The van der Waals surface area contributed by atoms with Crippen LogP contribution in [0.1, 0.15) is 31.2 Å². The number of benzene rings is 2. The van der Waals surface area contributed by atoms with Crippen molar-refractivity contribution >= 4 is 9.84 Å². The molecule has 1 aliphatic rings. The smallest absolute Gasteiger partial charge is 0.206 e. The summed E-state index contributed by atoms with van der Waals surface area (Å²) >= 11 is 0. The van der Waals surface area contributed by atoms with Gasteiger partial charge in [-0.1, -0.05) is 17.7 Å². The topological polar surface area (TPSA) is 52.6 Å². The van der Waals surface area contributed by atoms with Crippen molar-refractivity contribution in [3.05, 3.63) is 54.1 Å². The van der Waals surface area contributed by atoms with Gasteiger partial charge in [-0.05, 0) is 80.8 Å². The second-order valence-corrected chi connectivity index (χ2v) is 9.39. The first-order valence-corrected chi connectivity index (χ1v) is 11.0. The van der Waals surface area contributed by atoms with Crippen LogP contribution in [0.25, 0.3) is 0 Å². The maximum atomic E-state index is 12.7. The van der Waals surface area contributed by atoms with Crippen LogP contribution in [0.15, 0.2) is 58.3 Å². The van der Waals surface area contributed by atoms with E-state index in [0.717, 1.165) is 30.8 Å². The molecule has 4 nitrogen and oxygen atoms in total. The fraction of sp³-hybridized carbons (Fsp3) is 0.455. The molecule has 0 heterocycles. The molecule has 0 spiro atoms. The third kappa shape index (κ3) is 5.11. The Hall–Kier alpha value is -1.85. The average Bonchev–Trinajstić information content (AvgIpc) is 2.68. The number of aryl methyl sites for hydroxylation is 1. The van der Waals surface area contributed by atoms with E-state index >= 15 is 0 Å². The zero-order chi connectivity index (χ0) is 19.3. The van der Waals surface area contributed by atoms with Gasteiger partial charge in [0.25, 0.3) is 0 Å². The number of hydrogen-bond donors (Lipinski definition) is 0. The van der Waals surface area contributed by atoms with E-state index in [0.29, 0.717) is 28.2 Å². The molecule has 146 valence electrons. The molecule has 1 aliphatic carbocycles. The van der Waals surface area contributed by atoms with Gasteiger partial charge in [-0.15, -0.1) is 0 Å². The Bertz CT molecular complexity index is 818. The summed E-state index contributed by atoms with van der Waals surface area (Å²) in [5, 5.41) is 0. The third-order valence-electron chi connectivity index (χ3n) is 5.32. The Morgan fingerprint density at radius 2 is 1.30 bits per heavy atom. The molecule has 1 saturated carbocycles. The van der Waals surface area contributed by atoms with Gasteiger partial charge in [0.2, 0.25) is 9.84 Å². The summed E-state index contributed by atoms with van der Waals surface area (Å²) in [6.45, 7) is 3.47. The molecule has 0 radical (unpaired) electrons. The van der Waals surface area contributed by atoms with E-state index in [4.69, 9.17) is 9.47 Å². The van der Waals surface area contributed by atoms with Gasteiger partial charge in [-0.25, -0.2) is 8.42 Å². The molecule has 3 rings (SSSR count). The van der Waals surface area contributed by atoms with Crippen molar-refractivity contribution < 1.29 is 17.9 Å². The molecule has 27 heavy (non-hydrogen) atoms. The van der Waals surface area contributed by atoms with E-state index in [-0.39, 0.29) is 0 Å². The second kappa shape index (κ2) is 8.89. The van der Waals surface area contributed by atoms with Crippen LogP contribution in [0, 0.1) is 18.8 Å². The zero-order valence-corrected chi connectivity index (χ0v) is 16.9. The zero-order valence-electron chi connectivity index (χ0n) is 16.1. The lowest BCUT2D eigenvalue weighted by Crippen LogP contribution is -2.22. The lowest BCUT2D eigenvalue weighted by molar-refractivity contribution is 0.106. The largest absolute Gasteiger partial charge is 0.493 e. The van der Waals surface area contributed by atoms with Gasteiger partial charge < -0.3 is 9.47 Å². The predicted molar refractivity (Wildman–Crippen MR) is 106 cm³/mol. The summed E-state index contributed by atoms with van der Waals surface area (Å²) in [7, 11) is -1.73.